The molecule has 0 saturated heterocycles. The van der Waals surface area contributed by atoms with Gasteiger partial charge in [0.2, 0.25) is 0 Å². The average Bonchev–Trinajstić information content (AvgIpc) is 2.89. The molecule has 0 aliphatic carbocycles. The van der Waals surface area contributed by atoms with Crippen molar-refractivity contribution in [2.75, 3.05) is 0 Å². The molecule has 2 aromatic rings. The molecule has 1 heterocycles. The van der Waals surface area contributed by atoms with Crippen LogP contribution in [0, 0.1) is 11.3 Å². The van der Waals surface area contributed by atoms with Crippen LogP contribution in [0.1, 0.15) is 49.4 Å². The van der Waals surface area contributed by atoms with Crippen molar-refractivity contribution in [3.63, 3.8) is 0 Å². The molecule has 1 atom stereocenters. The number of hydrogen-bond acceptors (Lipinski definition) is 3. The number of aromatic nitrogens is 2. The molecule has 1 aromatic heterocycles. The Bertz CT molecular complexity index is 650. The standard InChI is InChI=1S/C16H19N3O/c1-4-13-9-14(5-2)19(18-13)16-8-12(10-17)6-7-15(16)11(3)20/h6-9,11,20H,4-5H2,1-3H3/t11-/m1/s1. The summed E-state index contributed by atoms with van der Waals surface area (Å²) in [6.07, 6.45) is 1.11. The molecule has 0 spiro atoms. The summed E-state index contributed by atoms with van der Waals surface area (Å²) >= 11 is 0. The van der Waals surface area contributed by atoms with Gasteiger partial charge in [0, 0.05) is 11.3 Å². The topological polar surface area (TPSA) is 61.8 Å². The fourth-order valence-corrected chi connectivity index (χ4v) is 2.26. The van der Waals surface area contributed by atoms with Gasteiger partial charge in [0.05, 0.1) is 29.1 Å². The Labute approximate surface area is 119 Å². The van der Waals surface area contributed by atoms with Crippen LogP contribution < -0.4 is 0 Å². The summed E-state index contributed by atoms with van der Waals surface area (Å²) < 4.78 is 1.85. The summed E-state index contributed by atoms with van der Waals surface area (Å²) in [5.41, 5.74) is 4.24. The number of nitriles is 1. The van der Waals surface area contributed by atoms with Gasteiger partial charge < -0.3 is 5.11 Å². The van der Waals surface area contributed by atoms with Crippen molar-refractivity contribution in [1.82, 2.24) is 9.78 Å². The Kier molecular flexibility index (Phi) is 4.21. The molecule has 0 saturated carbocycles. The van der Waals surface area contributed by atoms with Crippen LogP contribution >= 0.6 is 0 Å². The molecule has 4 heteroatoms. The van der Waals surface area contributed by atoms with Crippen LogP contribution in [0.2, 0.25) is 0 Å². The van der Waals surface area contributed by atoms with Gasteiger partial charge in [-0.15, -0.1) is 0 Å². The van der Waals surface area contributed by atoms with E-state index in [1.807, 2.05) is 4.68 Å². The Balaban J connectivity index is 2.66. The Morgan fingerprint density at radius 3 is 2.60 bits per heavy atom. The summed E-state index contributed by atoms with van der Waals surface area (Å²) in [5, 5.41) is 23.6. The van der Waals surface area contributed by atoms with Gasteiger partial charge >= 0.3 is 0 Å². The highest BCUT2D eigenvalue weighted by atomic mass is 16.3. The van der Waals surface area contributed by atoms with E-state index in [1.165, 1.54) is 0 Å². The maximum absolute atomic E-state index is 9.93. The molecule has 2 rings (SSSR count). The van der Waals surface area contributed by atoms with Gasteiger partial charge in [0.15, 0.2) is 0 Å². The van der Waals surface area contributed by atoms with Crippen molar-refractivity contribution in [3.8, 4) is 11.8 Å². The van der Waals surface area contributed by atoms with E-state index in [4.69, 9.17) is 5.26 Å². The molecule has 0 unspecified atom stereocenters. The van der Waals surface area contributed by atoms with E-state index in [1.54, 1.807) is 25.1 Å². The predicted molar refractivity (Wildman–Crippen MR) is 77.7 cm³/mol. The predicted octanol–water partition coefficient (Wildman–Crippen LogP) is 2.92. The maximum atomic E-state index is 9.93. The van der Waals surface area contributed by atoms with E-state index < -0.39 is 6.10 Å². The number of aliphatic hydroxyl groups excluding tert-OH is 1. The van der Waals surface area contributed by atoms with Gasteiger partial charge in [-0.25, -0.2) is 4.68 Å². The highest BCUT2D eigenvalue weighted by Crippen LogP contribution is 2.24. The van der Waals surface area contributed by atoms with Crippen LogP contribution in [-0.4, -0.2) is 14.9 Å². The summed E-state index contributed by atoms with van der Waals surface area (Å²) in [6, 6.07) is 9.52. The molecule has 104 valence electrons. The normalized spacial score (nSPS) is 12.2. The van der Waals surface area contributed by atoms with Crippen LogP contribution in [-0.2, 0) is 12.8 Å². The van der Waals surface area contributed by atoms with Crippen molar-refractivity contribution in [2.24, 2.45) is 0 Å². The lowest BCUT2D eigenvalue weighted by atomic mass is 10.1. The first-order valence-corrected chi connectivity index (χ1v) is 6.91. The van der Waals surface area contributed by atoms with Gasteiger partial charge in [-0.2, -0.15) is 10.4 Å². The van der Waals surface area contributed by atoms with Crippen LogP contribution in [0.3, 0.4) is 0 Å². The fraction of sp³-hybridized carbons (Fsp3) is 0.375. The number of hydrogen-bond donors (Lipinski definition) is 1. The molecular formula is C16H19N3O. The molecule has 20 heavy (non-hydrogen) atoms. The van der Waals surface area contributed by atoms with Crippen molar-refractivity contribution in [3.05, 3.63) is 46.8 Å². The van der Waals surface area contributed by atoms with Gasteiger partial charge in [-0.3, -0.25) is 0 Å². The first-order chi connectivity index (χ1) is 9.60. The van der Waals surface area contributed by atoms with E-state index in [2.05, 4.69) is 31.1 Å². The molecule has 0 aliphatic rings. The average molecular weight is 269 g/mol. The van der Waals surface area contributed by atoms with Crippen molar-refractivity contribution >= 4 is 0 Å². The lowest BCUT2D eigenvalue weighted by Crippen LogP contribution is -2.07. The van der Waals surface area contributed by atoms with E-state index in [-0.39, 0.29) is 0 Å². The molecule has 4 nitrogen and oxygen atoms in total. The molecule has 0 aliphatic heterocycles. The monoisotopic (exact) mass is 269 g/mol. The number of benzene rings is 1. The van der Waals surface area contributed by atoms with Crippen LogP contribution in [0.25, 0.3) is 5.69 Å². The second kappa shape index (κ2) is 5.89. The summed E-state index contributed by atoms with van der Waals surface area (Å²) in [5.74, 6) is 0. The molecule has 0 amide bonds. The largest absolute Gasteiger partial charge is 0.389 e. The summed E-state index contributed by atoms with van der Waals surface area (Å²) in [6.45, 7) is 5.86. The molecular weight excluding hydrogens is 250 g/mol. The van der Waals surface area contributed by atoms with E-state index in [9.17, 15) is 5.11 Å². The zero-order valence-electron chi connectivity index (χ0n) is 12.1. The minimum Gasteiger partial charge on any atom is -0.389 e. The van der Waals surface area contributed by atoms with Crippen molar-refractivity contribution in [2.45, 2.75) is 39.7 Å². The number of rotatable bonds is 4. The second-order valence-electron chi connectivity index (χ2n) is 4.81. The number of aliphatic hydroxyl groups is 1. The fourth-order valence-electron chi connectivity index (χ4n) is 2.26. The van der Waals surface area contributed by atoms with Gasteiger partial charge in [-0.1, -0.05) is 19.9 Å². The van der Waals surface area contributed by atoms with Gasteiger partial charge in [0.1, 0.15) is 0 Å². The SMILES string of the molecule is CCc1cc(CC)n(-c2cc(C#N)ccc2[C@@H](C)O)n1. The minimum atomic E-state index is -0.600. The van der Waals surface area contributed by atoms with E-state index in [0.717, 1.165) is 35.5 Å². The minimum absolute atomic E-state index is 0.569. The summed E-state index contributed by atoms with van der Waals surface area (Å²) in [4.78, 5) is 0. The second-order valence-corrected chi connectivity index (χ2v) is 4.81. The third-order valence-electron chi connectivity index (χ3n) is 3.40. The maximum Gasteiger partial charge on any atom is 0.0992 e. The Morgan fingerprint density at radius 1 is 1.30 bits per heavy atom. The smallest absolute Gasteiger partial charge is 0.0992 e. The number of aryl methyl sites for hydroxylation is 2. The molecule has 0 fully saturated rings. The lowest BCUT2D eigenvalue weighted by molar-refractivity contribution is 0.199. The molecule has 0 radical (unpaired) electrons. The van der Waals surface area contributed by atoms with Crippen LogP contribution in [0.5, 0.6) is 0 Å². The third-order valence-corrected chi connectivity index (χ3v) is 3.40. The van der Waals surface area contributed by atoms with Crippen LogP contribution in [0.15, 0.2) is 24.3 Å². The third kappa shape index (κ3) is 2.59. The summed E-state index contributed by atoms with van der Waals surface area (Å²) in [7, 11) is 0. The van der Waals surface area contributed by atoms with Gasteiger partial charge in [-0.05, 0) is 38.0 Å². The van der Waals surface area contributed by atoms with Crippen molar-refractivity contribution < 1.29 is 5.11 Å². The zero-order valence-corrected chi connectivity index (χ0v) is 12.1. The van der Waals surface area contributed by atoms with E-state index >= 15 is 0 Å². The molecule has 1 aromatic carbocycles. The highest BCUT2D eigenvalue weighted by Gasteiger charge is 2.15. The Morgan fingerprint density at radius 2 is 2.05 bits per heavy atom. The molecule has 1 N–H and O–H groups in total. The first kappa shape index (κ1) is 14.3. The lowest BCUT2D eigenvalue weighted by Gasteiger charge is -2.14. The highest BCUT2D eigenvalue weighted by molar-refractivity contribution is 5.49. The van der Waals surface area contributed by atoms with Crippen molar-refractivity contribution in [1.29, 1.82) is 5.26 Å². The first-order valence-electron chi connectivity index (χ1n) is 6.91. The number of nitrogens with zero attached hydrogens (tertiary/aromatic N) is 3. The van der Waals surface area contributed by atoms with Crippen LogP contribution in [0.4, 0.5) is 0 Å². The Hall–Kier alpha value is -2.12. The zero-order chi connectivity index (χ0) is 14.7. The van der Waals surface area contributed by atoms with E-state index in [0.29, 0.717) is 5.56 Å². The van der Waals surface area contributed by atoms with Gasteiger partial charge in [0.25, 0.3) is 0 Å². The molecule has 0 bridgehead atoms. The quantitative estimate of drug-likeness (QED) is 0.928.